The first-order chi connectivity index (χ1) is 7.52. The quantitative estimate of drug-likeness (QED) is 0.620. The first-order valence-corrected chi connectivity index (χ1v) is 4.88. The number of aliphatic carboxylic acids is 2. The van der Waals surface area contributed by atoms with Crippen molar-refractivity contribution in [3.63, 3.8) is 0 Å². The molecule has 0 aromatic rings. The van der Waals surface area contributed by atoms with Crippen LogP contribution in [0.15, 0.2) is 37.0 Å². The van der Waals surface area contributed by atoms with E-state index in [1.807, 2.05) is 0 Å². The minimum Gasteiger partial charge on any atom is -0.481 e. The summed E-state index contributed by atoms with van der Waals surface area (Å²) in [7, 11) is 0. The topological polar surface area (TPSA) is 74.6 Å². The van der Waals surface area contributed by atoms with E-state index in [9.17, 15) is 9.59 Å². The molecule has 88 valence electrons. The highest BCUT2D eigenvalue weighted by Gasteiger charge is 2.24. The second-order valence-corrected chi connectivity index (χ2v) is 3.28. The van der Waals surface area contributed by atoms with Gasteiger partial charge in [-0.25, -0.2) is 0 Å². The minimum absolute atomic E-state index is 0.373. The van der Waals surface area contributed by atoms with Crippen molar-refractivity contribution in [3.8, 4) is 0 Å². The molecule has 0 aliphatic heterocycles. The molecule has 0 saturated carbocycles. The number of carbonyl (C=O) groups is 2. The van der Waals surface area contributed by atoms with Crippen LogP contribution < -0.4 is 0 Å². The van der Waals surface area contributed by atoms with Crippen LogP contribution in [0.3, 0.4) is 0 Å². The third kappa shape index (κ3) is 5.14. The molecular weight excluding hydrogens is 208 g/mol. The lowest BCUT2D eigenvalue weighted by molar-refractivity contribution is -0.146. The zero-order chi connectivity index (χ0) is 12.6. The van der Waals surface area contributed by atoms with Gasteiger partial charge in [-0.2, -0.15) is 0 Å². The fraction of sp³-hybridized carbons (Fsp3) is 0.333. The van der Waals surface area contributed by atoms with E-state index < -0.39 is 24.3 Å². The predicted molar refractivity (Wildman–Crippen MR) is 61.1 cm³/mol. The Hall–Kier alpha value is -1.84. The maximum Gasteiger partial charge on any atom is 0.311 e. The molecule has 0 aromatic carbocycles. The summed E-state index contributed by atoms with van der Waals surface area (Å²) < 4.78 is 0. The van der Waals surface area contributed by atoms with Gasteiger partial charge in [0.2, 0.25) is 0 Å². The van der Waals surface area contributed by atoms with E-state index in [0.29, 0.717) is 18.4 Å². The predicted octanol–water partition coefficient (Wildman–Crippen LogP) is 2.24. The van der Waals surface area contributed by atoms with Gasteiger partial charge < -0.3 is 10.2 Å². The molecule has 1 unspecified atom stereocenters. The van der Waals surface area contributed by atoms with E-state index in [1.54, 1.807) is 18.2 Å². The largest absolute Gasteiger partial charge is 0.481 e. The molecular formula is C12H16O4. The van der Waals surface area contributed by atoms with Crippen molar-refractivity contribution >= 4 is 11.9 Å². The van der Waals surface area contributed by atoms with Gasteiger partial charge in [0, 0.05) is 0 Å². The molecule has 0 heterocycles. The van der Waals surface area contributed by atoms with Gasteiger partial charge in [0.05, 0.1) is 12.3 Å². The Balaban J connectivity index is 4.91. The fourth-order valence-electron chi connectivity index (χ4n) is 1.32. The summed E-state index contributed by atoms with van der Waals surface area (Å²) in [4.78, 5) is 21.5. The lowest BCUT2D eigenvalue weighted by Gasteiger charge is -2.13. The van der Waals surface area contributed by atoms with Crippen LogP contribution in [0.2, 0.25) is 0 Å². The standard InChI is InChI=1S/C12H16O4/c1-3-5-7-9(6-4-2)10(12(15)16)8-11(13)14/h3-4,7,10H,1-2,5-6,8H2,(H,13,14)(H,15,16)/b9-7-. The van der Waals surface area contributed by atoms with Gasteiger partial charge in [-0.1, -0.05) is 23.8 Å². The second kappa shape index (κ2) is 7.45. The number of rotatable bonds is 8. The van der Waals surface area contributed by atoms with Crippen LogP contribution in [0.4, 0.5) is 0 Å². The van der Waals surface area contributed by atoms with Crippen LogP contribution in [0, 0.1) is 5.92 Å². The lowest BCUT2D eigenvalue weighted by Crippen LogP contribution is -2.20. The first kappa shape index (κ1) is 14.2. The Kier molecular flexibility index (Phi) is 6.59. The van der Waals surface area contributed by atoms with Crippen LogP contribution in [-0.2, 0) is 9.59 Å². The molecule has 0 aliphatic carbocycles. The fourth-order valence-corrected chi connectivity index (χ4v) is 1.32. The molecule has 0 aromatic heterocycles. The van der Waals surface area contributed by atoms with Crippen molar-refractivity contribution in [2.75, 3.05) is 0 Å². The minimum atomic E-state index is -1.13. The summed E-state index contributed by atoms with van der Waals surface area (Å²) in [6.45, 7) is 7.05. The average Bonchev–Trinajstić information content (AvgIpc) is 2.20. The second-order valence-electron chi connectivity index (χ2n) is 3.28. The third-order valence-electron chi connectivity index (χ3n) is 2.05. The Labute approximate surface area is 94.6 Å². The maximum atomic E-state index is 11.0. The SMILES string of the molecule is C=CC/C=C(/CC=C)C(CC(=O)O)C(=O)O. The molecule has 0 radical (unpaired) electrons. The molecule has 0 bridgehead atoms. The molecule has 0 rings (SSSR count). The zero-order valence-electron chi connectivity index (χ0n) is 9.06. The Morgan fingerprint density at radius 2 is 1.81 bits per heavy atom. The number of carboxylic acids is 2. The van der Waals surface area contributed by atoms with Gasteiger partial charge in [-0.15, -0.1) is 13.2 Å². The molecule has 0 amide bonds. The van der Waals surface area contributed by atoms with E-state index >= 15 is 0 Å². The van der Waals surface area contributed by atoms with Crippen molar-refractivity contribution in [2.45, 2.75) is 19.3 Å². The Morgan fingerprint density at radius 3 is 2.19 bits per heavy atom. The third-order valence-corrected chi connectivity index (χ3v) is 2.05. The first-order valence-electron chi connectivity index (χ1n) is 4.88. The number of hydrogen-bond acceptors (Lipinski definition) is 2. The molecule has 0 fully saturated rings. The van der Waals surface area contributed by atoms with Crippen molar-refractivity contribution in [1.29, 1.82) is 0 Å². The van der Waals surface area contributed by atoms with Crippen molar-refractivity contribution in [2.24, 2.45) is 5.92 Å². The molecule has 4 heteroatoms. The van der Waals surface area contributed by atoms with Gasteiger partial charge in [0.15, 0.2) is 0 Å². The van der Waals surface area contributed by atoms with Gasteiger partial charge in [-0.3, -0.25) is 9.59 Å². The van der Waals surface area contributed by atoms with Gasteiger partial charge >= 0.3 is 11.9 Å². The van der Waals surface area contributed by atoms with Crippen LogP contribution in [0.1, 0.15) is 19.3 Å². The molecule has 4 nitrogen and oxygen atoms in total. The maximum absolute atomic E-state index is 11.0. The van der Waals surface area contributed by atoms with Crippen molar-refractivity contribution < 1.29 is 19.8 Å². The smallest absolute Gasteiger partial charge is 0.311 e. The normalized spacial score (nSPS) is 12.9. The number of carboxylic acid groups (broad SMARTS) is 2. The summed E-state index contributed by atoms with van der Waals surface area (Å²) in [5, 5.41) is 17.6. The lowest BCUT2D eigenvalue weighted by atomic mass is 9.92. The van der Waals surface area contributed by atoms with Crippen LogP contribution in [0.5, 0.6) is 0 Å². The van der Waals surface area contributed by atoms with E-state index in [0.717, 1.165) is 0 Å². The van der Waals surface area contributed by atoms with E-state index in [1.165, 1.54) is 0 Å². The molecule has 0 aliphatic rings. The summed E-state index contributed by atoms with van der Waals surface area (Å²) >= 11 is 0. The molecule has 0 saturated heterocycles. The Bertz CT molecular complexity index is 315. The van der Waals surface area contributed by atoms with E-state index in [2.05, 4.69) is 13.2 Å². The summed E-state index contributed by atoms with van der Waals surface area (Å²) in [6, 6.07) is 0. The molecule has 16 heavy (non-hydrogen) atoms. The monoisotopic (exact) mass is 224 g/mol. The molecule has 1 atom stereocenters. The number of allylic oxidation sites excluding steroid dienone is 3. The van der Waals surface area contributed by atoms with E-state index in [4.69, 9.17) is 10.2 Å². The highest BCUT2D eigenvalue weighted by molar-refractivity contribution is 5.80. The van der Waals surface area contributed by atoms with Crippen molar-refractivity contribution in [1.82, 2.24) is 0 Å². The van der Waals surface area contributed by atoms with Crippen LogP contribution in [0.25, 0.3) is 0 Å². The highest BCUT2D eigenvalue weighted by atomic mass is 16.4. The van der Waals surface area contributed by atoms with Gasteiger partial charge in [0.25, 0.3) is 0 Å². The Morgan fingerprint density at radius 1 is 1.19 bits per heavy atom. The average molecular weight is 224 g/mol. The molecule has 2 N–H and O–H groups in total. The number of hydrogen-bond donors (Lipinski definition) is 2. The molecule has 0 spiro atoms. The van der Waals surface area contributed by atoms with Crippen molar-refractivity contribution in [3.05, 3.63) is 37.0 Å². The zero-order valence-corrected chi connectivity index (χ0v) is 9.06. The van der Waals surface area contributed by atoms with E-state index in [-0.39, 0.29) is 0 Å². The van der Waals surface area contributed by atoms with Crippen LogP contribution in [-0.4, -0.2) is 22.2 Å². The summed E-state index contributed by atoms with van der Waals surface area (Å²) in [5.41, 5.74) is 0.560. The van der Waals surface area contributed by atoms with Gasteiger partial charge in [-0.05, 0) is 12.8 Å². The summed E-state index contributed by atoms with van der Waals surface area (Å²) in [5.74, 6) is -3.24. The summed E-state index contributed by atoms with van der Waals surface area (Å²) in [6.07, 6.45) is 5.36. The van der Waals surface area contributed by atoms with Gasteiger partial charge in [0.1, 0.15) is 0 Å². The van der Waals surface area contributed by atoms with Crippen LogP contribution >= 0.6 is 0 Å². The highest BCUT2D eigenvalue weighted by Crippen LogP contribution is 2.20.